The van der Waals surface area contributed by atoms with E-state index in [4.69, 9.17) is 5.10 Å². The number of benzene rings is 4. The van der Waals surface area contributed by atoms with Crippen molar-refractivity contribution in [3.8, 4) is 0 Å². The van der Waals surface area contributed by atoms with Crippen LogP contribution in [0.4, 0.5) is 5.69 Å². The molecule has 4 rings (SSSR count). The Bertz CT molecular complexity index is 1020. The molecule has 0 heterocycles. The molecule has 0 aliphatic carbocycles. The molecular formula is C24H20N2. The van der Waals surface area contributed by atoms with Crippen LogP contribution in [-0.2, 0) is 6.42 Å². The van der Waals surface area contributed by atoms with E-state index >= 15 is 0 Å². The van der Waals surface area contributed by atoms with Gasteiger partial charge in [-0.2, -0.15) is 5.10 Å². The van der Waals surface area contributed by atoms with Gasteiger partial charge in [-0.3, -0.25) is 5.43 Å². The van der Waals surface area contributed by atoms with Crippen molar-refractivity contribution in [2.24, 2.45) is 5.10 Å². The number of nitrogens with zero attached hydrogens (tertiary/aromatic N) is 1. The number of rotatable bonds is 5. The van der Waals surface area contributed by atoms with E-state index < -0.39 is 0 Å². The molecule has 0 unspecified atom stereocenters. The van der Waals surface area contributed by atoms with Gasteiger partial charge in [0.05, 0.1) is 11.4 Å². The largest absolute Gasteiger partial charge is 0.278 e. The van der Waals surface area contributed by atoms with Gasteiger partial charge in [0.2, 0.25) is 0 Å². The highest BCUT2D eigenvalue weighted by Crippen LogP contribution is 2.21. The molecule has 0 aliphatic rings. The number of fused-ring (bicyclic) bond motifs is 1. The summed E-state index contributed by atoms with van der Waals surface area (Å²) in [4.78, 5) is 0. The molecular weight excluding hydrogens is 316 g/mol. The van der Waals surface area contributed by atoms with Gasteiger partial charge in [0.1, 0.15) is 0 Å². The van der Waals surface area contributed by atoms with Crippen LogP contribution in [0.1, 0.15) is 11.1 Å². The summed E-state index contributed by atoms with van der Waals surface area (Å²) in [5.41, 5.74) is 7.63. The summed E-state index contributed by atoms with van der Waals surface area (Å²) in [7, 11) is 0. The predicted molar refractivity (Wildman–Crippen MR) is 111 cm³/mol. The van der Waals surface area contributed by atoms with Crippen LogP contribution in [-0.4, -0.2) is 5.71 Å². The van der Waals surface area contributed by atoms with E-state index in [1.807, 2.05) is 36.4 Å². The second kappa shape index (κ2) is 7.66. The zero-order chi connectivity index (χ0) is 17.6. The highest BCUT2D eigenvalue weighted by Gasteiger charge is 2.09. The Hall–Kier alpha value is -3.39. The lowest BCUT2D eigenvalue weighted by Gasteiger charge is -2.11. The summed E-state index contributed by atoms with van der Waals surface area (Å²) in [6.07, 6.45) is 0.773. The molecule has 2 heteroatoms. The van der Waals surface area contributed by atoms with E-state index in [1.54, 1.807) is 0 Å². The van der Waals surface area contributed by atoms with E-state index in [2.05, 4.69) is 72.2 Å². The quantitative estimate of drug-likeness (QED) is 0.356. The van der Waals surface area contributed by atoms with Crippen molar-refractivity contribution in [3.05, 3.63) is 114 Å². The Morgan fingerprint density at radius 3 is 2.12 bits per heavy atom. The molecule has 0 amide bonds. The minimum atomic E-state index is 0.773. The third-order valence-corrected chi connectivity index (χ3v) is 4.41. The van der Waals surface area contributed by atoms with Gasteiger partial charge in [0.25, 0.3) is 0 Å². The van der Waals surface area contributed by atoms with Crippen LogP contribution in [0.5, 0.6) is 0 Å². The Morgan fingerprint density at radius 2 is 1.31 bits per heavy atom. The van der Waals surface area contributed by atoms with Crippen molar-refractivity contribution in [1.82, 2.24) is 0 Å². The number of nitrogens with one attached hydrogen (secondary N) is 1. The summed E-state index contributed by atoms with van der Waals surface area (Å²) >= 11 is 0. The lowest BCUT2D eigenvalue weighted by atomic mass is 9.97. The average molecular weight is 336 g/mol. The minimum Gasteiger partial charge on any atom is -0.278 e. The fourth-order valence-corrected chi connectivity index (χ4v) is 3.11. The highest BCUT2D eigenvalue weighted by atomic mass is 15.3. The number of hydrogen-bond acceptors (Lipinski definition) is 2. The molecule has 0 aliphatic heterocycles. The van der Waals surface area contributed by atoms with Crippen molar-refractivity contribution in [2.75, 3.05) is 5.43 Å². The van der Waals surface area contributed by atoms with Crippen molar-refractivity contribution >= 4 is 22.2 Å². The first kappa shape index (κ1) is 16.1. The van der Waals surface area contributed by atoms with Crippen LogP contribution in [0, 0.1) is 0 Å². The molecule has 2 nitrogen and oxygen atoms in total. The summed E-state index contributed by atoms with van der Waals surface area (Å²) < 4.78 is 0. The predicted octanol–water partition coefficient (Wildman–Crippen LogP) is 5.90. The van der Waals surface area contributed by atoms with Gasteiger partial charge in [-0.15, -0.1) is 0 Å². The molecule has 0 spiro atoms. The second-order valence-corrected chi connectivity index (χ2v) is 6.23. The first-order valence-corrected chi connectivity index (χ1v) is 8.80. The maximum atomic E-state index is 4.78. The third kappa shape index (κ3) is 3.65. The van der Waals surface area contributed by atoms with Crippen LogP contribution in [0.3, 0.4) is 0 Å². The van der Waals surface area contributed by atoms with Gasteiger partial charge in [0, 0.05) is 12.0 Å². The van der Waals surface area contributed by atoms with Gasteiger partial charge in [0.15, 0.2) is 0 Å². The average Bonchev–Trinajstić information content (AvgIpc) is 2.72. The normalized spacial score (nSPS) is 11.5. The summed E-state index contributed by atoms with van der Waals surface area (Å²) in [6, 6.07) is 35.4. The van der Waals surface area contributed by atoms with Gasteiger partial charge >= 0.3 is 0 Å². The molecule has 126 valence electrons. The zero-order valence-corrected chi connectivity index (χ0v) is 14.5. The molecule has 0 aromatic heterocycles. The Kier molecular flexibility index (Phi) is 4.74. The van der Waals surface area contributed by atoms with Crippen LogP contribution >= 0.6 is 0 Å². The third-order valence-electron chi connectivity index (χ3n) is 4.41. The molecule has 4 aromatic carbocycles. The minimum absolute atomic E-state index is 0.773. The van der Waals surface area contributed by atoms with Crippen LogP contribution in [0.2, 0.25) is 0 Å². The highest BCUT2D eigenvalue weighted by molar-refractivity contribution is 6.11. The Labute approximate surface area is 153 Å². The molecule has 0 bridgehead atoms. The monoisotopic (exact) mass is 336 g/mol. The lowest BCUT2D eigenvalue weighted by molar-refractivity contribution is 1.25. The summed E-state index contributed by atoms with van der Waals surface area (Å²) in [5, 5.41) is 7.23. The van der Waals surface area contributed by atoms with E-state index in [-0.39, 0.29) is 0 Å². The van der Waals surface area contributed by atoms with E-state index in [0.29, 0.717) is 0 Å². The van der Waals surface area contributed by atoms with Crippen molar-refractivity contribution < 1.29 is 0 Å². The molecule has 0 saturated carbocycles. The first-order chi connectivity index (χ1) is 12.9. The zero-order valence-electron chi connectivity index (χ0n) is 14.5. The standard InChI is InChI=1S/C24H20N2/c1-3-10-19(11-4-1)18-24(26-25-21-14-5-2-6-15-21)23-17-9-13-20-12-7-8-16-22(20)23/h1-17,25H,18H2/b26-24-. The van der Waals surface area contributed by atoms with Crippen LogP contribution in [0.25, 0.3) is 10.8 Å². The van der Waals surface area contributed by atoms with Gasteiger partial charge in [-0.1, -0.05) is 91.0 Å². The topological polar surface area (TPSA) is 24.4 Å². The molecule has 0 radical (unpaired) electrons. The molecule has 0 saturated heterocycles. The Morgan fingerprint density at radius 1 is 0.654 bits per heavy atom. The number of hydrogen-bond donors (Lipinski definition) is 1. The number of hydrazone groups is 1. The summed E-state index contributed by atoms with van der Waals surface area (Å²) in [5.74, 6) is 0. The first-order valence-electron chi connectivity index (χ1n) is 8.80. The van der Waals surface area contributed by atoms with E-state index in [9.17, 15) is 0 Å². The maximum absolute atomic E-state index is 4.78. The molecule has 4 aromatic rings. The second-order valence-electron chi connectivity index (χ2n) is 6.23. The lowest BCUT2D eigenvalue weighted by Crippen LogP contribution is -2.09. The van der Waals surface area contributed by atoms with Gasteiger partial charge in [-0.05, 0) is 28.5 Å². The van der Waals surface area contributed by atoms with Crippen molar-refractivity contribution in [3.63, 3.8) is 0 Å². The SMILES string of the molecule is c1ccc(C/C(=N/Nc2ccccc2)c2cccc3ccccc23)cc1. The van der Waals surface area contributed by atoms with Gasteiger partial charge < -0.3 is 0 Å². The van der Waals surface area contributed by atoms with E-state index in [1.165, 1.54) is 16.3 Å². The van der Waals surface area contributed by atoms with Crippen molar-refractivity contribution in [2.45, 2.75) is 6.42 Å². The molecule has 0 atom stereocenters. The smallest absolute Gasteiger partial charge is 0.0729 e. The van der Waals surface area contributed by atoms with Crippen LogP contribution in [0.15, 0.2) is 108 Å². The van der Waals surface area contributed by atoms with Crippen molar-refractivity contribution in [1.29, 1.82) is 0 Å². The fraction of sp³-hybridized carbons (Fsp3) is 0.0417. The maximum Gasteiger partial charge on any atom is 0.0729 e. The van der Waals surface area contributed by atoms with E-state index in [0.717, 1.165) is 23.4 Å². The fourth-order valence-electron chi connectivity index (χ4n) is 3.11. The molecule has 0 fully saturated rings. The Balaban J connectivity index is 1.76. The molecule has 26 heavy (non-hydrogen) atoms. The number of para-hydroxylation sites is 1. The summed E-state index contributed by atoms with van der Waals surface area (Å²) in [6.45, 7) is 0. The van der Waals surface area contributed by atoms with Crippen LogP contribution < -0.4 is 5.43 Å². The number of anilines is 1. The molecule has 1 N–H and O–H groups in total. The van der Waals surface area contributed by atoms with Gasteiger partial charge in [-0.25, -0.2) is 0 Å².